The average molecular weight is 395 g/mol. The number of carbonyl (C=O) groups excluding carboxylic acids is 2. The second kappa shape index (κ2) is 8.26. The first-order chi connectivity index (χ1) is 11.5. The van der Waals surface area contributed by atoms with E-state index in [0.717, 1.165) is 0 Å². The van der Waals surface area contributed by atoms with Gasteiger partial charge < -0.3 is 14.1 Å². The Kier molecular flexibility index (Phi) is 6.09. The summed E-state index contributed by atoms with van der Waals surface area (Å²) in [6, 6.07) is 10.1. The molecule has 6 nitrogen and oxygen atoms in total. The van der Waals surface area contributed by atoms with E-state index >= 15 is 0 Å². The summed E-state index contributed by atoms with van der Waals surface area (Å²) in [4.78, 5) is 25.3. The summed E-state index contributed by atoms with van der Waals surface area (Å²) in [5, 5.41) is 8.71. The smallest absolute Gasteiger partial charge is 0.374 e. The van der Waals surface area contributed by atoms with E-state index in [1.165, 1.54) is 41.3 Å². The fourth-order valence-corrected chi connectivity index (χ4v) is 2.19. The number of carbonyl (C=O) groups is 2. The number of nitrogens with zero attached hydrogens (tertiary/aromatic N) is 2. The molecule has 0 spiro atoms. The highest BCUT2D eigenvalue weighted by Crippen LogP contribution is 2.17. The van der Waals surface area contributed by atoms with Crippen molar-refractivity contribution in [2.75, 3.05) is 18.1 Å². The van der Waals surface area contributed by atoms with E-state index in [0.29, 0.717) is 10.4 Å². The van der Waals surface area contributed by atoms with E-state index in [-0.39, 0.29) is 18.7 Å². The number of hydrogen-bond donors (Lipinski definition) is 0. The normalized spacial score (nSPS) is 10.0. The van der Waals surface area contributed by atoms with Crippen LogP contribution in [0.15, 0.2) is 45.5 Å². The lowest BCUT2D eigenvalue weighted by molar-refractivity contribution is -0.121. The zero-order chi connectivity index (χ0) is 17.5. The summed E-state index contributed by atoms with van der Waals surface area (Å²) in [6.07, 6.45) is 0.0855. The van der Waals surface area contributed by atoms with Gasteiger partial charge in [-0.2, -0.15) is 5.26 Å². The van der Waals surface area contributed by atoms with Gasteiger partial charge in [0.05, 0.1) is 12.5 Å². The molecule has 0 aliphatic carbocycles. The fraction of sp³-hybridized carbons (Fsp3) is 0.188. The summed E-state index contributed by atoms with van der Waals surface area (Å²) < 4.78 is 23.3. The quantitative estimate of drug-likeness (QED) is 0.701. The van der Waals surface area contributed by atoms with Gasteiger partial charge in [0.25, 0.3) is 5.91 Å². The summed E-state index contributed by atoms with van der Waals surface area (Å²) >= 11 is 3.06. The van der Waals surface area contributed by atoms with Crippen molar-refractivity contribution < 1.29 is 23.1 Å². The lowest BCUT2D eigenvalue weighted by Crippen LogP contribution is -2.35. The molecule has 1 heterocycles. The van der Waals surface area contributed by atoms with Gasteiger partial charge in [-0.1, -0.05) is 0 Å². The predicted molar refractivity (Wildman–Crippen MR) is 85.7 cm³/mol. The van der Waals surface area contributed by atoms with E-state index in [1.54, 1.807) is 0 Å². The second-order valence-electron chi connectivity index (χ2n) is 4.61. The monoisotopic (exact) mass is 394 g/mol. The van der Waals surface area contributed by atoms with Crippen LogP contribution in [0.4, 0.5) is 10.1 Å². The first-order valence-electron chi connectivity index (χ1n) is 6.86. The van der Waals surface area contributed by atoms with Crippen LogP contribution >= 0.6 is 15.9 Å². The molecular weight excluding hydrogens is 383 g/mol. The predicted octanol–water partition coefficient (Wildman–Crippen LogP) is 3.28. The molecule has 24 heavy (non-hydrogen) atoms. The summed E-state index contributed by atoms with van der Waals surface area (Å²) in [7, 11) is 0. The van der Waals surface area contributed by atoms with E-state index in [9.17, 15) is 14.0 Å². The zero-order valence-corrected chi connectivity index (χ0v) is 14.0. The molecule has 0 aliphatic heterocycles. The molecule has 1 aromatic heterocycles. The molecule has 1 aromatic carbocycles. The number of amides is 1. The largest absolute Gasteiger partial charge is 0.450 e. The Morgan fingerprint density at radius 2 is 1.96 bits per heavy atom. The molecule has 0 saturated heterocycles. The molecule has 0 atom stereocenters. The zero-order valence-electron chi connectivity index (χ0n) is 12.4. The maximum absolute atomic E-state index is 13.0. The number of nitriles is 1. The van der Waals surface area contributed by atoms with Crippen molar-refractivity contribution in [2.45, 2.75) is 6.42 Å². The first kappa shape index (κ1) is 17.7. The summed E-state index contributed by atoms with van der Waals surface area (Å²) in [5.41, 5.74) is 0.411. The minimum Gasteiger partial charge on any atom is -0.450 e. The van der Waals surface area contributed by atoms with E-state index < -0.39 is 24.3 Å². The Morgan fingerprint density at radius 1 is 1.25 bits per heavy atom. The molecule has 0 radical (unpaired) electrons. The molecule has 0 bridgehead atoms. The number of ether oxygens (including phenoxy) is 1. The van der Waals surface area contributed by atoms with Crippen LogP contribution in [-0.4, -0.2) is 25.0 Å². The Balaban J connectivity index is 2.03. The highest BCUT2D eigenvalue weighted by Gasteiger charge is 2.19. The van der Waals surface area contributed by atoms with E-state index in [2.05, 4.69) is 15.9 Å². The third kappa shape index (κ3) is 4.67. The highest BCUT2D eigenvalue weighted by molar-refractivity contribution is 9.10. The topological polar surface area (TPSA) is 83.5 Å². The number of hydrogen-bond acceptors (Lipinski definition) is 5. The van der Waals surface area contributed by atoms with E-state index in [1.807, 2.05) is 6.07 Å². The molecule has 2 aromatic rings. The van der Waals surface area contributed by atoms with Crippen molar-refractivity contribution in [3.05, 3.63) is 52.6 Å². The average Bonchev–Trinajstić information content (AvgIpc) is 3.01. The molecule has 0 fully saturated rings. The molecule has 2 rings (SSSR count). The van der Waals surface area contributed by atoms with Gasteiger partial charge in [-0.05, 0) is 52.3 Å². The maximum atomic E-state index is 13.0. The minimum atomic E-state index is -0.784. The van der Waals surface area contributed by atoms with Crippen molar-refractivity contribution in [1.29, 1.82) is 5.26 Å². The van der Waals surface area contributed by atoms with Crippen LogP contribution in [0.25, 0.3) is 0 Å². The maximum Gasteiger partial charge on any atom is 0.374 e. The van der Waals surface area contributed by atoms with Crippen LogP contribution in [0.2, 0.25) is 0 Å². The van der Waals surface area contributed by atoms with Crippen molar-refractivity contribution in [3.8, 4) is 6.07 Å². The Hall–Kier alpha value is -2.66. The number of anilines is 1. The summed E-state index contributed by atoms with van der Waals surface area (Å²) in [5.74, 6) is -1.80. The van der Waals surface area contributed by atoms with E-state index in [4.69, 9.17) is 14.4 Å². The molecule has 0 unspecified atom stereocenters. The minimum absolute atomic E-state index is 0.0416. The summed E-state index contributed by atoms with van der Waals surface area (Å²) in [6.45, 7) is -0.426. The molecule has 124 valence electrons. The van der Waals surface area contributed by atoms with Crippen LogP contribution in [0.1, 0.15) is 17.0 Å². The molecule has 8 heteroatoms. The van der Waals surface area contributed by atoms with Gasteiger partial charge in [-0.3, -0.25) is 4.79 Å². The van der Waals surface area contributed by atoms with Crippen LogP contribution in [0.5, 0.6) is 0 Å². The number of benzene rings is 1. The number of esters is 1. The van der Waals surface area contributed by atoms with Crippen LogP contribution in [0, 0.1) is 17.1 Å². The van der Waals surface area contributed by atoms with Gasteiger partial charge in [-0.15, -0.1) is 0 Å². The number of halogens is 2. The lowest BCUT2D eigenvalue weighted by atomic mass is 10.2. The van der Waals surface area contributed by atoms with Crippen molar-refractivity contribution in [3.63, 3.8) is 0 Å². The van der Waals surface area contributed by atoms with Crippen molar-refractivity contribution in [2.24, 2.45) is 0 Å². The molecule has 0 N–H and O–H groups in total. The van der Waals surface area contributed by atoms with Gasteiger partial charge in [0.1, 0.15) is 5.82 Å². The van der Waals surface area contributed by atoms with Gasteiger partial charge in [0.2, 0.25) is 5.76 Å². The molecule has 1 amide bonds. The first-order valence-corrected chi connectivity index (χ1v) is 7.66. The lowest BCUT2D eigenvalue weighted by Gasteiger charge is -2.21. The third-order valence-electron chi connectivity index (χ3n) is 2.99. The highest BCUT2D eigenvalue weighted by atomic mass is 79.9. The van der Waals surface area contributed by atoms with Crippen molar-refractivity contribution in [1.82, 2.24) is 0 Å². The standard InChI is InChI=1S/C16H12BrFN2O4/c17-14-7-6-13(24-14)16(22)23-10-15(21)20(9-1-8-19)12-4-2-11(18)3-5-12/h2-7H,1,9-10H2. The second-order valence-corrected chi connectivity index (χ2v) is 5.39. The molecular formula is C16H12BrFN2O4. The number of rotatable bonds is 6. The third-order valence-corrected chi connectivity index (χ3v) is 3.41. The Morgan fingerprint density at radius 3 is 2.54 bits per heavy atom. The van der Waals surface area contributed by atoms with Crippen LogP contribution in [-0.2, 0) is 9.53 Å². The Labute approximate surface area is 145 Å². The molecule has 0 aliphatic rings. The van der Waals surface area contributed by atoms with Gasteiger partial charge in [0, 0.05) is 12.2 Å². The van der Waals surface area contributed by atoms with Crippen molar-refractivity contribution >= 4 is 33.5 Å². The van der Waals surface area contributed by atoms with Gasteiger partial charge in [0.15, 0.2) is 11.3 Å². The SMILES string of the molecule is N#CCCN(C(=O)COC(=O)c1ccc(Br)o1)c1ccc(F)cc1. The van der Waals surface area contributed by atoms with Crippen LogP contribution in [0.3, 0.4) is 0 Å². The number of furan rings is 1. The van der Waals surface area contributed by atoms with Gasteiger partial charge >= 0.3 is 5.97 Å². The van der Waals surface area contributed by atoms with Gasteiger partial charge in [-0.25, -0.2) is 9.18 Å². The fourth-order valence-electron chi connectivity index (χ4n) is 1.88. The Bertz CT molecular complexity index is 767. The molecule has 0 saturated carbocycles. The van der Waals surface area contributed by atoms with Crippen LogP contribution < -0.4 is 4.90 Å².